The highest BCUT2D eigenvalue weighted by atomic mass is 16.5. The quantitative estimate of drug-likeness (QED) is 0.114. The van der Waals surface area contributed by atoms with Crippen LogP contribution < -0.4 is 9.47 Å². The molecule has 6 atom stereocenters. The van der Waals surface area contributed by atoms with Gasteiger partial charge in [-0.1, -0.05) is 51.5 Å². The smallest absolute Gasteiger partial charge is 0.348 e. The molecule has 3 saturated carbocycles. The normalized spacial score (nSPS) is 33.2. The number of aliphatic hydroxyl groups is 1. The number of rotatable bonds is 9. The first-order chi connectivity index (χ1) is 25.5. The van der Waals surface area contributed by atoms with Gasteiger partial charge in [0.1, 0.15) is 24.9 Å². The van der Waals surface area contributed by atoms with Crippen LogP contribution in [0.1, 0.15) is 92.1 Å². The number of hydrogen-bond acceptors (Lipinski definition) is 9. The first-order valence-corrected chi connectivity index (χ1v) is 18.9. The lowest BCUT2D eigenvalue weighted by Gasteiger charge is -2.70. The number of nitrogens with zero attached hydrogens (tertiary/aromatic N) is 1. The fourth-order valence-corrected chi connectivity index (χ4v) is 10.5. The highest BCUT2D eigenvalue weighted by molar-refractivity contribution is 6.06. The van der Waals surface area contributed by atoms with Crippen molar-refractivity contribution in [2.75, 3.05) is 27.4 Å². The Bertz CT molecular complexity index is 2010. The predicted octanol–water partition coefficient (Wildman–Crippen LogP) is 8.88. The molecule has 1 aromatic carbocycles. The molecule has 0 heterocycles. The number of carbonyl (C=O) groups is 3. The Morgan fingerprint density at radius 1 is 0.963 bits per heavy atom. The van der Waals surface area contributed by atoms with Crippen LogP contribution in [0, 0.1) is 44.3 Å². The molecule has 286 valence electrons. The Balaban J connectivity index is 1.13. The zero-order valence-electron chi connectivity index (χ0n) is 32.9. The third-order valence-electron chi connectivity index (χ3n) is 14.2. The van der Waals surface area contributed by atoms with Crippen LogP contribution in [-0.2, 0) is 23.9 Å². The second-order valence-electron chi connectivity index (χ2n) is 17.1. The van der Waals surface area contributed by atoms with E-state index in [1.807, 2.05) is 13.0 Å². The minimum Gasteiger partial charge on any atom is -0.504 e. The number of ether oxygens (including phenoxy) is 4. The molecule has 0 bridgehead atoms. The number of nitriles is 1. The predicted molar refractivity (Wildman–Crippen MR) is 205 cm³/mol. The van der Waals surface area contributed by atoms with Crippen LogP contribution >= 0.6 is 0 Å². The lowest BCUT2D eigenvalue weighted by Crippen LogP contribution is -2.62. The number of esters is 2. The van der Waals surface area contributed by atoms with Crippen molar-refractivity contribution in [3.05, 3.63) is 87.8 Å². The molecule has 3 fully saturated rings. The van der Waals surface area contributed by atoms with E-state index in [0.717, 1.165) is 56.1 Å². The molecule has 5 aliphatic carbocycles. The number of methoxy groups -OCH3 is 2. The van der Waals surface area contributed by atoms with Gasteiger partial charge in [-0.2, -0.15) is 5.26 Å². The molecule has 9 nitrogen and oxygen atoms in total. The maximum atomic E-state index is 13.9. The van der Waals surface area contributed by atoms with E-state index in [9.17, 15) is 24.8 Å². The standard InChI is InChI=1S/C45H53NO8/c1-28-31-12-14-36-43(4,32(31)25-33(47)38(28)48)18-20-45(6)37-26-42(3,16-15-41(37,2)17-19-44(36,45)5)40(50)54-22-10-9-21-53-35-24-29(11-13-34(35)51-7)23-30(27-46)39(49)52-8/h9-14,23-25,37,48H,15-22,26H2,1-8H3/b10-9+,30-23-/t37-,41-,42-,43+,44-,45+/m1/s1. The van der Waals surface area contributed by atoms with Crippen LogP contribution in [0.4, 0.5) is 0 Å². The highest BCUT2D eigenvalue weighted by Crippen LogP contribution is 2.75. The second-order valence-corrected chi connectivity index (χ2v) is 17.1. The van der Waals surface area contributed by atoms with Gasteiger partial charge in [-0.05, 0) is 134 Å². The van der Waals surface area contributed by atoms with Crippen molar-refractivity contribution < 1.29 is 38.4 Å². The van der Waals surface area contributed by atoms with Gasteiger partial charge in [-0.15, -0.1) is 0 Å². The number of fused-ring (bicyclic) bond motifs is 7. The zero-order valence-corrected chi connectivity index (χ0v) is 32.9. The molecule has 6 rings (SSSR count). The van der Waals surface area contributed by atoms with Gasteiger partial charge < -0.3 is 24.1 Å². The van der Waals surface area contributed by atoms with Crippen molar-refractivity contribution in [2.45, 2.75) is 86.5 Å². The molecular formula is C45H53NO8. The van der Waals surface area contributed by atoms with E-state index in [4.69, 9.17) is 14.2 Å². The Morgan fingerprint density at radius 3 is 2.39 bits per heavy atom. The van der Waals surface area contributed by atoms with Crippen molar-refractivity contribution in [2.24, 2.45) is 33.0 Å². The zero-order chi connectivity index (χ0) is 39.3. The van der Waals surface area contributed by atoms with E-state index < -0.39 is 11.4 Å². The van der Waals surface area contributed by atoms with Crippen LogP contribution in [-0.4, -0.2) is 50.3 Å². The lowest BCUT2D eigenvalue weighted by atomic mass is 9.34. The van der Waals surface area contributed by atoms with Gasteiger partial charge >= 0.3 is 11.9 Å². The van der Waals surface area contributed by atoms with Gasteiger partial charge in [0, 0.05) is 11.0 Å². The number of aliphatic hydroxyl groups excluding tert-OH is 1. The molecular weight excluding hydrogens is 682 g/mol. The maximum absolute atomic E-state index is 13.9. The first-order valence-electron chi connectivity index (χ1n) is 18.9. The van der Waals surface area contributed by atoms with Gasteiger partial charge in [0.15, 0.2) is 17.3 Å². The van der Waals surface area contributed by atoms with E-state index in [2.05, 4.69) is 51.5 Å². The molecule has 54 heavy (non-hydrogen) atoms. The van der Waals surface area contributed by atoms with Gasteiger partial charge in [-0.3, -0.25) is 9.59 Å². The van der Waals surface area contributed by atoms with Crippen LogP contribution in [0.5, 0.6) is 11.5 Å². The van der Waals surface area contributed by atoms with Crippen LogP contribution in [0.2, 0.25) is 0 Å². The SMILES string of the molecule is COC(=O)/C(C#N)=C\c1ccc(OC)c(OC/C=C/COC(=O)[C@]2(C)CC[C@]3(C)CC[C@]4(C)C5=CC=C6C(=CC(=O)C(O)=C6C)[C@]5(C)CC[C@@]4(C)[C@@H]3C2)c1. The summed E-state index contributed by atoms with van der Waals surface area (Å²) in [5.41, 5.74) is 3.47. The first kappa shape index (κ1) is 38.9. The van der Waals surface area contributed by atoms with Crippen molar-refractivity contribution in [1.82, 2.24) is 0 Å². The fourth-order valence-electron chi connectivity index (χ4n) is 10.5. The molecule has 0 saturated heterocycles. The summed E-state index contributed by atoms with van der Waals surface area (Å²) in [6.07, 6.45) is 17.6. The van der Waals surface area contributed by atoms with Gasteiger partial charge in [0.2, 0.25) is 5.78 Å². The average molecular weight is 736 g/mol. The third-order valence-corrected chi connectivity index (χ3v) is 14.2. The summed E-state index contributed by atoms with van der Waals surface area (Å²) in [4.78, 5) is 38.6. The van der Waals surface area contributed by atoms with Crippen LogP contribution in [0.25, 0.3) is 6.08 Å². The fraction of sp³-hybridized carbons (Fsp3) is 0.511. The minimum absolute atomic E-state index is 0.0637. The Hall–Kier alpha value is -4.84. The summed E-state index contributed by atoms with van der Waals surface area (Å²) < 4.78 is 21.9. The Morgan fingerprint density at radius 2 is 1.69 bits per heavy atom. The van der Waals surface area contributed by atoms with Crippen LogP contribution in [0.3, 0.4) is 0 Å². The van der Waals surface area contributed by atoms with E-state index >= 15 is 0 Å². The Labute approximate surface area is 319 Å². The van der Waals surface area contributed by atoms with E-state index in [0.29, 0.717) is 28.6 Å². The van der Waals surface area contributed by atoms with Crippen molar-refractivity contribution in [3.63, 3.8) is 0 Å². The van der Waals surface area contributed by atoms with Crippen molar-refractivity contribution >= 4 is 23.8 Å². The average Bonchev–Trinajstić information content (AvgIpc) is 3.16. The summed E-state index contributed by atoms with van der Waals surface area (Å²) >= 11 is 0. The van der Waals surface area contributed by atoms with Crippen molar-refractivity contribution in [1.29, 1.82) is 5.26 Å². The lowest BCUT2D eigenvalue weighted by molar-refractivity contribution is -0.181. The molecule has 1 N–H and O–H groups in total. The minimum atomic E-state index is -0.724. The van der Waals surface area contributed by atoms with E-state index in [-0.39, 0.29) is 58.0 Å². The molecule has 0 unspecified atom stereocenters. The highest BCUT2D eigenvalue weighted by Gasteiger charge is 2.67. The summed E-state index contributed by atoms with van der Waals surface area (Å²) in [5.74, 6) is -0.144. The number of carbonyl (C=O) groups excluding carboxylic acids is 3. The maximum Gasteiger partial charge on any atom is 0.348 e. The number of hydrogen-bond donors (Lipinski definition) is 1. The molecule has 0 spiro atoms. The molecule has 5 aliphatic rings. The summed E-state index contributed by atoms with van der Waals surface area (Å²) in [6, 6.07) is 6.91. The molecule has 1 aromatic rings. The molecule has 0 aromatic heterocycles. The largest absolute Gasteiger partial charge is 0.504 e. The number of allylic oxidation sites excluding steroid dienone is 7. The van der Waals surface area contributed by atoms with E-state index in [1.54, 1.807) is 36.4 Å². The Kier molecular flexibility index (Phi) is 10.1. The van der Waals surface area contributed by atoms with Gasteiger partial charge in [0.05, 0.1) is 19.6 Å². The third kappa shape index (κ3) is 6.21. The van der Waals surface area contributed by atoms with Gasteiger partial charge in [-0.25, -0.2) is 4.79 Å². The molecule has 0 radical (unpaired) electrons. The summed E-state index contributed by atoms with van der Waals surface area (Å²) in [6.45, 7) is 13.8. The molecule has 0 amide bonds. The number of benzene rings is 1. The second kappa shape index (κ2) is 14.1. The van der Waals surface area contributed by atoms with E-state index in [1.165, 1.54) is 25.9 Å². The number of ketones is 1. The summed E-state index contributed by atoms with van der Waals surface area (Å²) in [5, 5.41) is 19.8. The molecule has 9 heteroatoms. The van der Waals surface area contributed by atoms with Crippen molar-refractivity contribution in [3.8, 4) is 17.6 Å². The topological polar surface area (TPSA) is 132 Å². The molecule has 0 aliphatic heterocycles. The van der Waals surface area contributed by atoms with Crippen LogP contribution in [0.15, 0.2) is 82.2 Å². The monoisotopic (exact) mass is 735 g/mol. The summed E-state index contributed by atoms with van der Waals surface area (Å²) in [7, 11) is 2.75. The van der Waals surface area contributed by atoms with Gasteiger partial charge in [0.25, 0.3) is 0 Å².